The minimum Gasteiger partial charge on any atom is -0.497 e. The maximum atomic E-state index is 12.8. The number of sulfonamides is 1. The Morgan fingerprint density at radius 2 is 1.93 bits per heavy atom. The lowest BCUT2D eigenvalue weighted by Crippen LogP contribution is -2.31. The van der Waals surface area contributed by atoms with Crippen molar-refractivity contribution in [2.45, 2.75) is 15.8 Å². The van der Waals surface area contributed by atoms with Crippen LogP contribution in [0.15, 0.2) is 58.7 Å². The van der Waals surface area contributed by atoms with E-state index in [0.717, 1.165) is 11.3 Å². The van der Waals surface area contributed by atoms with Crippen LogP contribution in [0.4, 0.5) is 5.69 Å². The van der Waals surface area contributed by atoms with Crippen LogP contribution in [0.3, 0.4) is 0 Å². The molecule has 1 aromatic heterocycles. The van der Waals surface area contributed by atoms with Crippen LogP contribution >= 0.6 is 23.4 Å². The number of fused-ring (bicyclic) bond motifs is 3. The Morgan fingerprint density at radius 1 is 1.18 bits per heavy atom. The van der Waals surface area contributed by atoms with Crippen molar-refractivity contribution >= 4 is 39.1 Å². The van der Waals surface area contributed by atoms with Gasteiger partial charge in [-0.3, -0.25) is 4.31 Å². The Hall–Kier alpha value is -2.29. The maximum Gasteiger partial charge on any atom is 0.267 e. The third-order valence-electron chi connectivity index (χ3n) is 4.45. The van der Waals surface area contributed by atoms with Gasteiger partial charge in [0.05, 0.1) is 24.7 Å². The van der Waals surface area contributed by atoms with Gasteiger partial charge < -0.3 is 4.74 Å². The van der Waals surface area contributed by atoms with Crippen LogP contribution in [0, 0.1) is 0 Å². The van der Waals surface area contributed by atoms with Gasteiger partial charge in [-0.25, -0.2) is 18.4 Å². The first-order valence-electron chi connectivity index (χ1n) is 8.32. The van der Waals surface area contributed by atoms with E-state index in [0.29, 0.717) is 32.9 Å². The second kappa shape index (κ2) is 7.27. The van der Waals surface area contributed by atoms with Gasteiger partial charge in [0.25, 0.3) is 10.0 Å². The number of thioether (sulfide) groups is 1. The molecule has 28 heavy (non-hydrogen) atoms. The molecule has 0 atom stereocenters. The van der Waals surface area contributed by atoms with Gasteiger partial charge in [-0.05, 0) is 35.9 Å². The molecular weight excluding hydrogens is 418 g/mol. The van der Waals surface area contributed by atoms with E-state index >= 15 is 0 Å². The summed E-state index contributed by atoms with van der Waals surface area (Å²) < 4.78 is 32.0. The molecular formula is C19H16ClN3O3S2. The summed E-state index contributed by atoms with van der Waals surface area (Å²) in [6.45, 7) is 0. The number of hydrogen-bond acceptors (Lipinski definition) is 6. The Balaban J connectivity index is 1.69. The zero-order chi connectivity index (χ0) is 19.9. The number of methoxy groups -OCH3 is 1. The molecule has 3 aromatic rings. The van der Waals surface area contributed by atoms with E-state index < -0.39 is 10.0 Å². The Bertz CT molecular complexity index is 1150. The third-order valence-corrected chi connectivity index (χ3v) is 7.39. The average Bonchev–Trinajstić information content (AvgIpc) is 2.71. The van der Waals surface area contributed by atoms with Crippen molar-refractivity contribution < 1.29 is 13.2 Å². The minimum atomic E-state index is -3.72. The molecule has 0 radical (unpaired) electrons. The van der Waals surface area contributed by atoms with Crippen LogP contribution in [-0.2, 0) is 15.8 Å². The van der Waals surface area contributed by atoms with Gasteiger partial charge in [0.1, 0.15) is 10.6 Å². The molecule has 0 bridgehead atoms. The first-order chi connectivity index (χ1) is 13.4. The van der Waals surface area contributed by atoms with Gasteiger partial charge >= 0.3 is 0 Å². The number of benzene rings is 2. The highest BCUT2D eigenvalue weighted by Gasteiger charge is 2.34. The maximum absolute atomic E-state index is 12.8. The molecule has 0 unspecified atom stereocenters. The van der Waals surface area contributed by atoms with Gasteiger partial charge in [0, 0.05) is 23.4 Å². The van der Waals surface area contributed by atoms with Crippen molar-refractivity contribution in [1.29, 1.82) is 0 Å². The van der Waals surface area contributed by atoms with Crippen molar-refractivity contribution in [2.24, 2.45) is 0 Å². The number of ether oxygens (including phenoxy) is 1. The first-order valence-corrected chi connectivity index (χ1v) is 11.1. The highest BCUT2D eigenvalue weighted by molar-refractivity contribution is 7.98. The van der Waals surface area contributed by atoms with E-state index in [9.17, 15) is 8.42 Å². The monoisotopic (exact) mass is 433 g/mol. The quantitative estimate of drug-likeness (QED) is 0.452. The molecule has 0 saturated heterocycles. The highest BCUT2D eigenvalue weighted by atomic mass is 35.5. The van der Waals surface area contributed by atoms with Gasteiger partial charge in [-0.15, -0.1) is 0 Å². The Labute approximate surface area is 172 Å². The van der Waals surface area contributed by atoms with Gasteiger partial charge in [-0.1, -0.05) is 35.5 Å². The highest BCUT2D eigenvalue weighted by Crippen LogP contribution is 2.42. The molecule has 0 fully saturated rings. The normalized spacial score (nSPS) is 14.3. The van der Waals surface area contributed by atoms with E-state index in [1.54, 1.807) is 25.3 Å². The lowest BCUT2D eigenvalue weighted by Gasteiger charge is -2.28. The molecule has 0 aliphatic carbocycles. The van der Waals surface area contributed by atoms with Crippen molar-refractivity contribution in [3.63, 3.8) is 0 Å². The van der Waals surface area contributed by atoms with E-state index in [4.69, 9.17) is 16.3 Å². The van der Waals surface area contributed by atoms with Crippen LogP contribution in [0.1, 0.15) is 5.56 Å². The minimum absolute atomic E-state index is 0.0959. The number of nitrogens with zero attached hydrogens (tertiary/aromatic N) is 3. The van der Waals surface area contributed by atoms with E-state index in [1.807, 2.05) is 24.3 Å². The van der Waals surface area contributed by atoms with Gasteiger partial charge in [0.15, 0.2) is 5.16 Å². The van der Waals surface area contributed by atoms with Gasteiger partial charge in [-0.2, -0.15) is 0 Å². The summed E-state index contributed by atoms with van der Waals surface area (Å²) in [5.74, 6) is 1.45. The van der Waals surface area contributed by atoms with Crippen molar-refractivity contribution in [3.8, 4) is 17.0 Å². The largest absolute Gasteiger partial charge is 0.497 e. The molecule has 2 heterocycles. The van der Waals surface area contributed by atoms with Crippen LogP contribution in [-0.4, -0.2) is 32.5 Å². The van der Waals surface area contributed by atoms with Gasteiger partial charge in [0.2, 0.25) is 0 Å². The second-order valence-electron chi connectivity index (χ2n) is 6.14. The molecule has 2 aromatic carbocycles. The zero-order valence-corrected chi connectivity index (χ0v) is 17.5. The van der Waals surface area contributed by atoms with E-state index in [2.05, 4.69) is 9.97 Å². The molecule has 0 saturated carbocycles. The Kier molecular flexibility index (Phi) is 4.95. The second-order valence-corrected chi connectivity index (χ2v) is 9.45. The third kappa shape index (κ3) is 3.32. The summed E-state index contributed by atoms with van der Waals surface area (Å²) in [7, 11) is -0.590. The standard InChI is InChI=1S/C19H16ClN3O3S2/c1-23-16-9-13(20)5-8-15(16)18-17(28(23,24)25)10-21-19(22-18)27-11-12-3-6-14(26-2)7-4-12/h3-10H,11H2,1-2H3. The molecule has 1 aliphatic rings. The number of aromatic nitrogens is 2. The van der Waals surface area contributed by atoms with Crippen LogP contribution < -0.4 is 9.04 Å². The lowest BCUT2D eigenvalue weighted by molar-refractivity contribution is 0.414. The number of hydrogen-bond donors (Lipinski definition) is 0. The molecule has 144 valence electrons. The molecule has 1 aliphatic heterocycles. The summed E-state index contributed by atoms with van der Waals surface area (Å²) >= 11 is 7.51. The average molecular weight is 434 g/mol. The van der Waals surface area contributed by atoms with Crippen LogP contribution in [0.5, 0.6) is 5.75 Å². The molecule has 4 rings (SSSR count). The summed E-state index contributed by atoms with van der Waals surface area (Å²) in [6, 6.07) is 12.9. The zero-order valence-electron chi connectivity index (χ0n) is 15.1. The summed E-state index contributed by atoms with van der Waals surface area (Å²) in [4.78, 5) is 8.89. The predicted molar refractivity (Wildman–Crippen MR) is 111 cm³/mol. The molecule has 9 heteroatoms. The fourth-order valence-electron chi connectivity index (χ4n) is 2.92. The molecule has 0 N–H and O–H groups in total. The van der Waals surface area contributed by atoms with Crippen molar-refractivity contribution in [1.82, 2.24) is 9.97 Å². The molecule has 6 nitrogen and oxygen atoms in total. The van der Waals surface area contributed by atoms with E-state index in [-0.39, 0.29) is 4.90 Å². The topological polar surface area (TPSA) is 72.4 Å². The Morgan fingerprint density at radius 3 is 2.64 bits per heavy atom. The van der Waals surface area contributed by atoms with Crippen molar-refractivity contribution in [3.05, 3.63) is 59.2 Å². The van der Waals surface area contributed by atoms with E-state index in [1.165, 1.54) is 29.3 Å². The van der Waals surface area contributed by atoms with Crippen LogP contribution in [0.25, 0.3) is 11.3 Å². The fourth-order valence-corrected chi connectivity index (χ4v) is 5.15. The summed E-state index contributed by atoms with van der Waals surface area (Å²) in [6.07, 6.45) is 1.38. The molecule has 0 spiro atoms. The van der Waals surface area contributed by atoms with Crippen molar-refractivity contribution in [2.75, 3.05) is 18.5 Å². The number of halogens is 1. The summed E-state index contributed by atoms with van der Waals surface area (Å²) in [5.41, 5.74) is 2.71. The number of rotatable bonds is 4. The first kappa shape index (κ1) is 19.0. The van der Waals surface area contributed by atoms with Crippen LogP contribution in [0.2, 0.25) is 5.02 Å². The fraction of sp³-hybridized carbons (Fsp3) is 0.158. The SMILES string of the molecule is COc1ccc(CSc2ncc3c(n2)-c2ccc(Cl)cc2N(C)S3(=O)=O)cc1. The summed E-state index contributed by atoms with van der Waals surface area (Å²) in [5, 5.41) is 0.975. The lowest BCUT2D eigenvalue weighted by atomic mass is 10.1. The number of anilines is 1. The smallest absolute Gasteiger partial charge is 0.267 e. The molecule has 0 amide bonds. The predicted octanol–water partition coefficient (Wildman–Crippen LogP) is 4.24.